The van der Waals surface area contributed by atoms with Crippen LogP contribution in [0.15, 0.2) is 97.1 Å². The van der Waals surface area contributed by atoms with Gasteiger partial charge in [0.2, 0.25) is 0 Å². The summed E-state index contributed by atoms with van der Waals surface area (Å²) >= 11 is 0. The molecule has 0 saturated carbocycles. The van der Waals surface area contributed by atoms with Crippen molar-refractivity contribution in [2.24, 2.45) is 0 Å². The molecule has 12 nitrogen and oxygen atoms in total. The summed E-state index contributed by atoms with van der Waals surface area (Å²) in [6.07, 6.45) is 37.4. The molecule has 4 aromatic rings. The van der Waals surface area contributed by atoms with Gasteiger partial charge in [0.1, 0.15) is 23.0 Å². The Morgan fingerprint density at radius 1 is 0.253 bits per heavy atom. The van der Waals surface area contributed by atoms with Gasteiger partial charge in [0, 0.05) is 28.7 Å². The normalized spacial score (nSPS) is 10.9. The minimum absolute atomic E-state index is 0.360. The third kappa shape index (κ3) is 28.4. The molecular weight excluding hydrogens is 941 g/mol. The maximum atomic E-state index is 12.7. The van der Waals surface area contributed by atoms with Crippen molar-refractivity contribution in [3.05, 3.63) is 119 Å². The largest absolute Gasteiger partial charge is 0.494 e. The highest BCUT2D eigenvalue weighted by atomic mass is 16.5. The molecule has 4 aromatic carbocycles. The standard InChI is InChI=1S/C63H92N4O8/c1-3-5-7-9-11-13-15-17-19-21-23-25-27-29-48-72-56-40-32-52(33-41-56)60(68)64-66-62(70)54-36-44-58(45-37-54)74-50-31-51-75-59-46-38-55(39-47-59)63(71)67-65-61(69)53-34-42-57(43-35-53)73-49-30-28-26-24-22-20-18-16-14-12-10-8-6-4-2/h32-47H,3-31,48-51H2,1-2H3,(H,64,68)(H,65,69)(H,66,70)(H,67,71). The van der Waals surface area contributed by atoms with Crippen LogP contribution in [0.5, 0.6) is 23.0 Å². The van der Waals surface area contributed by atoms with Crippen molar-refractivity contribution in [3.63, 3.8) is 0 Å². The van der Waals surface area contributed by atoms with Gasteiger partial charge in [0.25, 0.3) is 23.6 Å². The van der Waals surface area contributed by atoms with Crippen molar-refractivity contribution in [1.29, 1.82) is 0 Å². The number of unbranched alkanes of at least 4 members (excludes halogenated alkanes) is 26. The van der Waals surface area contributed by atoms with Crippen molar-refractivity contribution in [3.8, 4) is 23.0 Å². The number of hydrogen-bond donors (Lipinski definition) is 4. The maximum absolute atomic E-state index is 12.7. The van der Waals surface area contributed by atoms with Crippen LogP contribution in [0.3, 0.4) is 0 Å². The van der Waals surface area contributed by atoms with Gasteiger partial charge in [-0.25, -0.2) is 0 Å². The van der Waals surface area contributed by atoms with E-state index in [-0.39, 0.29) is 0 Å². The Morgan fingerprint density at radius 2 is 0.427 bits per heavy atom. The van der Waals surface area contributed by atoms with Gasteiger partial charge in [-0.2, -0.15) is 0 Å². The summed E-state index contributed by atoms with van der Waals surface area (Å²) in [7, 11) is 0. The van der Waals surface area contributed by atoms with Gasteiger partial charge >= 0.3 is 0 Å². The molecule has 12 heteroatoms. The van der Waals surface area contributed by atoms with Crippen LogP contribution in [0.2, 0.25) is 0 Å². The fourth-order valence-electron chi connectivity index (χ4n) is 8.74. The minimum atomic E-state index is -0.457. The lowest BCUT2D eigenvalue weighted by molar-refractivity contribution is 0.0846. The molecule has 0 aliphatic rings. The van der Waals surface area contributed by atoms with Crippen molar-refractivity contribution in [2.45, 2.75) is 200 Å². The van der Waals surface area contributed by atoms with Gasteiger partial charge in [-0.3, -0.25) is 40.9 Å². The molecule has 0 radical (unpaired) electrons. The summed E-state index contributed by atoms with van der Waals surface area (Å²) in [5, 5.41) is 0. The van der Waals surface area contributed by atoms with Crippen LogP contribution in [0.4, 0.5) is 0 Å². The number of hydrazine groups is 2. The van der Waals surface area contributed by atoms with Gasteiger partial charge in [-0.1, -0.05) is 181 Å². The van der Waals surface area contributed by atoms with E-state index in [2.05, 4.69) is 35.6 Å². The number of rotatable bonds is 42. The van der Waals surface area contributed by atoms with E-state index in [9.17, 15) is 19.2 Å². The van der Waals surface area contributed by atoms with Crippen LogP contribution < -0.4 is 40.7 Å². The number of amides is 4. The van der Waals surface area contributed by atoms with Crippen LogP contribution in [0, 0.1) is 0 Å². The van der Waals surface area contributed by atoms with E-state index >= 15 is 0 Å². The average Bonchev–Trinajstić information content (AvgIpc) is 3.44. The number of benzene rings is 4. The van der Waals surface area contributed by atoms with E-state index in [1.807, 2.05) is 0 Å². The fourth-order valence-corrected chi connectivity index (χ4v) is 8.74. The maximum Gasteiger partial charge on any atom is 0.269 e. The Labute approximate surface area is 450 Å². The van der Waals surface area contributed by atoms with E-state index in [0.717, 1.165) is 25.7 Å². The highest BCUT2D eigenvalue weighted by Crippen LogP contribution is 2.19. The Kier molecular flexibility index (Phi) is 33.0. The van der Waals surface area contributed by atoms with Crippen LogP contribution in [-0.4, -0.2) is 50.1 Å². The summed E-state index contributed by atoms with van der Waals surface area (Å²) in [5.41, 5.74) is 11.4. The average molecular weight is 1030 g/mol. The van der Waals surface area contributed by atoms with Crippen molar-refractivity contribution in [1.82, 2.24) is 21.7 Å². The summed E-state index contributed by atoms with van der Waals surface area (Å²) in [6.45, 7) is 6.58. The molecular formula is C63H92N4O8. The lowest BCUT2D eigenvalue weighted by atomic mass is 10.0. The molecule has 75 heavy (non-hydrogen) atoms. The Balaban J connectivity index is 0.973. The van der Waals surface area contributed by atoms with Crippen molar-refractivity contribution in [2.75, 3.05) is 26.4 Å². The third-order valence-electron chi connectivity index (χ3n) is 13.4. The molecule has 0 aliphatic heterocycles. The first kappa shape index (κ1) is 61.5. The zero-order chi connectivity index (χ0) is 53.2. The minimum Gasteiger partial charge on any atom is -0.494 e. The molecule has 4 rings (SSSR count). The second-order valence-corrected chi connectivity index (χ2v) is 19.9. The molecule has 0 unspecified atom stereocenters. The molecule has 0 aromatic heterocycles. The van der Waals surface area contributed by atoms with Gasteiger partial charge < -0.3 is 18.9 Å². The number of nitrogens with one attached hydrogen (secondary N) is 4. The summed E-state index contributed by atoms with van der Waals surface area (Å²) in [4.78, 5) is 50.8. The fraction of sp³-hybridized carbons (Fsp3) is 0.556. The molecule has 0 saturated heterocycles. The van der Waals surface area contributed by atoms with Crippen LogP contribution in [0.1, 0.15) is 241 Å². The van der Waals surface area contributed by atoms with Crippen molar-refractivity contribution < 1.29 is 38.1 Å². The van der Waals surface area contributed by atoms with Crippen LogP contribution in [-0.2, 0) is 0 Å². The monoisotopic (exact) mass is 1030 g/mol. The van der Waals surface area contributed by atoms with E-state index in [1.54, 1.807) is 97.1 Å². The van der Waals surface area contributed by atoms with Gasteiger partial charge in [-0.15, -0.1) is 0 Å². The number of ether oxygens (including phenoxy) is 4. The Bertz CT molecular complexity index is 1960. The van der Waals surface area contributed by atoms with E-state index in [4.69, 9.17) is 18.9 Å². The van der Waals surface area contributed by atoms with E-state index in [1.165, 1.54) is 154 Å². The first-order valence-corrected chi connectivity index (χ1v) is 29.0. The first-order valence-electron chi connectivity index (χ1n) is 29.0. The predicted molar refractivity (Wildman–Crippen MR) is 303 cm³/mol. The zero-order valence-corrected chi connectivity index (χ0v) is 45.8. The zero-order valence-electron chi connectivity index (χ0n) is 45.8. The first-order chi connectivity index (χ1) is 36.9. The molecule has 0 aliphatic carbocycles. The van der Waals surface area contributed by atoms with Crippen LogP contribution >= 0.6 is 0 Å². The van der Waals surface area contributed by atoms with Gasteiger partial charge in [0.15, 0.2) is 0 Å². The van der Waals surface area contributed by atoms with Crippen molar-refractivity contribution >= 4 is 23.6 Å². The molecule has 0 bridgehead atoms. The number of hydrogen-bond acceptors (Lipinski definition) is 8. The SMILES string of the molecule is CCCCCCCCCCCCCCCCOc1ccc(C(=O)NNC(=O)c2ccc(OCCCOc3ccc(C(=O)NNC(=O)c4ccc(OCCCCCCCCCCCCCCCC)cc4)cc3)cc2)cc1. The summed E-state index contributed by atoms with van der Waals surface area (Å²) in [5.74, 6) is 0.824. The Hall–Kier alpha value is -6.04. The van der Waals surface area contributed by atoms with Crippen LogP contribution in [0.25, 0.3) is 0 Å². The molecule has 0 fully saturated rings. The number of carbonyl (C=O) groups is 4. The Morgan fingerprint density at radius 3 is 0.627 bits per heavy atom. The highest BCUT2D eigenvalue weighted by Gasteiger charge is 2.12. The molecule has 4 N–H and O–H groups in total. The molecule has 0 heterocycles. The lowest BCUT2D eigenvalue weighted by Crippen LogP contribution is -2.41. The second kappa shape index (κ2) is 40.3. The predicted octanol–water partition coefficient (Wildman–Crippen LogP) is 15.4. The van der Waals surface area contributed by atoms with E-state index in [0.29, 0.717) is 78.1 Å². The van der Waals surface area contributed by atoms with Gasteiger partial charge in [0.05, 0.1) is 26.4 Å². The van der Waals surface area contributed by atoms with E-state index < -0.39 is 23.6 Å². The number of carbonyl (C=O) groups excluding carboxylic acids is 4. The molecule has 412 valence electrons. The van der Waals surface area contributed by atoms with Gasteiger partial charge in [-0.05, 0) is 110 Å². The quantitative estimate of drug-likeness (QED) is 0.0253. The summed E-state index contributed by atoms with van der Waals surface area (Å²) < 4.78 is 23.4. The summed E-state index contributed by atoms with van der Waals surface area (Å²) in [6, 6.07) is 27.0. The molecule has 4 amide bonds. The topological polar surface area (TPSA) is 153 Å². The lowest BCUT2D eigenvalue weighted by Gasteiger charge is -2.11. The smallest absolute Gasteiger partial charge is 0.269 e. The third-order valence-corrected chi connectivity index (χ3v) is 13.4. The molecule has 0 atom stereocenters. The highest BCUT2D eigenvalue weighted by molar-refractivity contribution is 6.00. The second-order valence-electron chi connectivity index (χ2n) is 19.9. The molecule has 0 spiro atoms.